The Morgan fingerprint density at radius 3 is 2.45 bits per heavy atom. The molecule has 1 spiro atoms. The van der Waals surface area contributed by atoms with Crippen LogP contribution in [0.3, 0.4) is 0 Å². The topological polar surface area (TPSA) is 231 Å². The summed E-state index contributed by atoms with van der Waals surface area (Å²) in [7, 11) is 3.30. The molecule has 92 heavy (non-hydrogen) atoms. The van der Waals surface area contributed by atoms with Gasteiger partial charge in [0.1, 0.15) is 23.5 Å². The Balaban J connectivity index is 0.881. The van der Waals surface area contributed by atoms with Crippen LogP contribution in [0, 0.1) is 69.5 Å². The monoisotopic (exact) mass is 1300 g/mol. The molecular formula is C74H103N5O11S2. The van der Waals surface area contributed by atoms with E-state index in [-0.39, 0.29) is 82.8 Å². The van der Waals surface area contributed by atoms with Crippen LogP contribution in [0.25, 0.3) is 0 Å². The second-order valence-electron chi connectivity index (χ2n) is 30.6. The lowest BCUT2D eigenvalue weighted by Gasteiger charge is -2.56. The molecule has 0 aromatic heterocycles. The van der Waals surface area contributed by atoms with Gasteiger partial charge in [-0.05, 0) is 169 Å². The zero-order valence-corrected chi connectivity index (χ0v) is 56.1. The second kappa shape index (κ2) is 28.0. The van der Waals surface area contributed by atoms with Gasteiger partial charge in [0, 0.05) is 135 Å². The molecule has 11 aliphatic rings. The molecular weight excluding hydrogens is 1200 g/mol. The lowest BCUT2D eigenvalue weighted by molar-refractivity contribution is -0.183. The van der Waals surface area contributed by atoms with Crippen molar-refractivity contribution in [2.75, 3.05) is 70.5 Å². The Labute approximate surface area is 553 Å². The molecule has 0 radical (unpaired) electrons. The molecule has 0 bridgehead atoms. The van der Waals surface area contributed by atoms with Crippen molar-refractivity contribution in [3.8, 4) is 29.1 Å². The SMILES string of the molecule is CC(=O)O[C@H]1C[C@@H](OC(=O)[C@@]23CCCC[C@@H]2CCC(=O)N3)C2(CCNCC2)[C@@H]2c3ccc(O)c4c3[C@H](C[C@@H]2C#CC[C@@H]2C[C@](C)(O)CSSC[C@@H](NC[C@@]3(Cc5ccc(O)cc5)C=C[C@@H]5[C@H](CC=C[C@@H]5N5CCNCC5)C3)[C@H](O)CC[C@@H]21)[C@H](C1(CO)CCCC1)CO4. The summed E-state index contributed by atoms with van der Waals surface area (Å²) in [4.78, 5) is 46.4. The number of benzene rings is 2. The lowest BCUT2D eigenvalue weighted by Crippen LogP contribution is -2.65. The van der Waals surface area contributed by atoms with Gasteiger partial charge in [-0.1, -0.05) is 95.7 Å². The number of carbonyl (C=O) groups is 3. The molecule has 17 atom stereocenters. The number of aliphatic hydroxyl groups excluding tert-OH is 2. The number of piperidine rings is 2. The summed E-state index contributed by atoms with van der Waals surface area (Å²) < 4.78 is 21.0. The van der Waals surface area contributed by atoms with E-state index in [0.29, 0.717) is 126 Å². The van der Waals surface area contributed by atoms with Gasteiger partial charge >= 0.3 is 11.9 Å². The molecule has 16 nitrogen and oxygen atoms in total. The molecule has 0 unspecified atom stereocenters. The normalized spacial score (nSPS) is 38.6. The Kier molecular flexibility index (Phi) is 20.2. The van der Waals surface area contributed by atoms with Crippen LogP contribution in [0.2, 0.25) is 0 Å². The van der Waals surface area contributed by atoms with E-state index in [0.717, 1.165) is 107 Å². The van der Waals surface area contributed by atoms with Crippen molar-refractivity contribution < 1.29 is 54.1 Å². The highest BCUT2D eigenvalue weighted by molar-refractivity contribution is 8.76. The van der Waals surface area contributed by atoms with Crippen LogP contribution in [0.5, 0.6) is 17.2 Å². The van der Waals surface area contributed by atoms with Crippen LogP contribution >= 0.6 is 21.6 Å². The van der Waals surface area contributed by atoms with Crippen LogP contribution < -0.4 is 26.0 Å². The Morgan fingerprint density at radius 2 is 1.66 bits per heavy atom. The predicted molar refractivity (Wildman–Crippen MR) is 359 cm³/mol. The molecule has 4 saturated heterocycles. The van der Waals surface area contributed by atoms with Crippen molar-refractivity contribution in [2.24, 2.45) is 57.7 Å². The van der Waals surface area contributed by atoms with E-state index in [1.165, 1.54) is 6.92 Å². The maximum absolute atomic E-state index is 16.0. The molecule has 5 heterocycles. The zero-order valence-electron chi connectivity index (χ0n) is 54.4. The van der Waals surface area contributed by atoms with Crippen LogP contribution in [-0.2, 0) is 30.3 Å². The molecule has 5 aliphatic heterocycles. The molecule has 2 aromatic carbocycles. The largest absolute Gasteiger partial charge is 0.508 e. The third-order valence-electron chi connectivity index (χ3n) is 25.0. The molecule has 502 valence electrons. The van der Waals surface area contributed by atoms with Crippen molar-refractivity contribution in [2.45, 2.75) is 202 Å². The number of fused-ring (bicyclic) bond motifs is 6. The highest BCUT2D eigenvalue weighted by Crippen LogP contribution is 2.65. The summed E-state index contributed by atoms with van der Waals surface area (Å²) in [6, 6.07) is 11.4. The van der Waals surface area contributed by atoms with Crippen LogP contribution in [0.1, 0.15) is 171 Å². The summed E-state index contributed by atoms with van der Waals surface area (Å²) in [5.74, 6) is 7.80. The first-order valence-corrected chi connectivity index (χ1v) is 37.9. The van der Waals surface area contributed by atoms with Gasteiger partial charge in [0.05, 0.1) is 18.3 Å². The van der Waals surface area contributed by atoms with Crippen molar-refractivity contribution in [1.82, 2.24) is 26.2 Å². The number of aliphatic hydroxyl groups is 3. The summed E-state index contributed by atoms with van der Waals surface area (Å²) in [6.07, 6.45) is 21.3. The number of ether oxygens (including phenoxy) is 3. The summed E-state index contributed by atoms with van der Waals surface area (Å²) >= 11 is 0. The first kappa shape index (κ1) is 66.3. The van der Waals surface area contributed by atoms with Gasteiger partial charge in [-0.15, -0.1) is 5.92 Å². The summed E-state index contributed by atoms with van der Waals surface area (Å²) in [6.45, 7) is 9.67. The first-order valence-electron chi connectivity index (χ1n) is 35.5. The maximum Gasteiger partial charge on any atom is 0.332 e. The number of phenols is 2. The number of nitrogens with zero attached hydrogens (tertiary/aromatic N) is 1. The van der Waals surface area contributed by atoms with Gasteiger partial charge in [0.15, 0.2) is 11.5 Å². The van der Waals surface area contributed by atoms with E-state index in [1.807, 2.05) is 19.1 Å². The molecule has 1 amide bonds. The number of carbonyl (C=O) groups excluding carboxylic acids is 3. The number of allylic oxidation sites excluding steroid dienone is 1. The Hall–Kier alpha value is -4.29. The van der Waals surface area contributed by atoms with E-state index in [4.69, 9.17) is 14.2 Å². The van der Waals surface area contributed by atoms with Gasteiger partial charge in [0.25, 0.3) is 0 Å². The molecule has 2 saturated carbocycles. The number of hydrogen-bond donors (Lipinski definition) is 9. The van der Waals surface area contributed by atoms with Gasteiger partial charge < -0.3 is 61.0 Å². The summed E-state index contributed by atoms with van der Waals surface area (Å²) in [5.41, 5.74) is -0.718. The summed E-state index contributed by atoms with van der Waals surface area (Å²) in [5, 5.41) is 73.9. The van der Waals surface area contributed by atoms with E-state index >= 15 is 4.79 Å². The fourth-order valence-corrected chi connectivity index (χ4v) is 23.2. The van der Waals surface area contributed by atoms with Gasteiger partial charge in [-0.3, -0.25) is 14.5 Å². The number of nitrogens with one attached hydrogen (secondary N) is 4. The quantitative estimate of drug-likeness (QED) is 0.0442. The zero-order chi connectivity index (χ0) is 63.8. The van der Waals surface area contributed by atoms with Crippen molar-refractivity contribution in [3.05, 3.63) is 77.4 Å². The van der Waals surface area contributed by atoms with Crippen LogP contribution in [0.4, 0.5) is 0 Å². The number of rotatable bonds is 11. The number of aromatic hydroxyl groups is 2. The molecule has 6 fully saturated rings. The standard InChI is InChI=1S/C74H103N5O11S2/c1-47(81)89-63-38-64(90-69(86)74-27-4-3-12-52(74)16-23-65(85)78-74)73(29-31-75-32-30-73)67-49(37-57-58(72(45-80)25-5-6-26-72)42-88-68-62(84)22-20-56(67)66(57)68)9-7-10-50-40-70(2,87)46-92-91-43-59(61(83)21-19-55(50)63)77-44-71(39-48-14-17-53(82)18-15-48)28-24-54-51(41-71)11-8-13-60(54)79-35-33-76-34-36-79/h8,13-15,17-18,20,22,24,28,49-52,54-55,57-61,63-64,67,75-77,80,82-84,87H,3-6,10-12,16,19,21,23,25-27,29-46H2,1-2H3,(H,78,85)/t49-,50+,51+,52+,54+,55-,57+,58+,59+,60-,61+,63-,64+,67-,70-,71+,74+/m0/s1. The molecule has 2 aromatic rings. The highest BCUT2D eigenvalue weighted by atomic mass is 33.1. The molecule has 6 aliphatic carbocycles. The van der Waals surface area contributed by atoms with Crippen molar-refractivity contribution in [1.29, 1.82) is 0 Å². The van der Waals surface area contributed by atoms with Gasteiger partial charge in [-0.25, -0.2) is 4.79 Å². The van der Waals surface area contributed by atoms with Crippen LogP contribution in [-0.4, -0.2) is 160 Å². The minimum Gasteiger partial charge on any atom is -0.508 e. The van der Waals surface area contributed by atoms with E-state index in [2.05, 4.69) is 68.4 Å². The number of phenolic OH excluding ortho intramolecular Hbond substituents is 2. The fourth-order valence-electron chi connectivity index (χ4n) is 20.4. The number of amides is 1. The average molecular weight is 1300 g/mol. The minimum atomic E-state index is -1.21. The van der Waals surface area contributed by atoms with Crippen LogP contribution in [0.15, 0.2) is 60.7 Å². The number of esters is 2. The van der Waals surface area contributed by atoms with E-state index in [1.54, 1.807) is 39.8 Å². The smallest absolute Gasteiger partial charge is 0.332 e. The average Bonchev–Trinajstić information content (AvgIpc) is 0.909. The number of piperazine rings is 1. The minimum absolute atomic E-state index is 0.0288. The van der Waals surface area contributed by atoms with Gasteiger partial charge in [-0.2, -0.15) is 0 Å². The third-order valence-corrected chi connectivity index (χ3v) is 27.6. The molecule has 9 N–H and O–H groups in total. The second-order valence-corrected chi connectivity index (χ2v) is 33.1. The Bertz CT molecular complexity index is 3080. The third kappa shape index (κ3) is 13.5. The lowest BCUT2D eigenvalue weighted by atomic mass is 9.51. The number of hydrogen-bond acceptors (Lipinski definition) is 17. The fraction of sp³-hybridized carbons (Fsp3) is 0.716. The van der Waals surface area contributed by atoms with E-state index in [9.17, 15) is 35.1 Å². The maximum atomic E-state index is 16.0. The van der Waals surface area contributed by atoms with Gasteiger partial charge in [0.2, 0.25) is 5.91 Å². The van der Waals surface area contributed by atoms with Crippen molar-refractivity contribution >= 4 is 39.4 Å². The van der Waals surface area contributed by atoms with Crippen molar-refractivity contribution in [3.63, 3.8) is 0 Å². The highest BCUT2D eigenvalue weighted by Gasteiger charge is 2.61. The first-order chi connectivity index (χ1) is 44.5. The molecule has 18 heteroatoms. The molecule has 13 rings (SSSR count). The Morgan fingerprint density at radius 1 is 0.880 bits per heavy atom. The predicted octanol–water partition coefficient (Wildman–Crippen LogP) is 9.22. The van der Waals surface area contributed by atoms with E-state index < -0.39 is 52.7 Å².